The van der Waals surface area contributed by atoms with Crippen LogP contribution in [0.5, 0.6) is 0 Å². The number of aryl methyl sites for hydroxylation is 1. The monoisotopic (exact) mass is 268 g/mol. The van der Waals surface area contributed by atoms with Gasteiger partial charge in [0.1, 0.15) is 6.04 Å². The molecule has 0 aliphatic rings. The number of thioether (sulfide) groups is 1. The summed E-state index contributed by atoms with van der Waals surface area (Å²) in [4.78, 5) is 15.0. The topological polar surface area (TPSA) is 62.2 Å². The molecule has 5 heteroatoms. The van der Waals surface area contributed by atoms with Crippen molar-refractivity contribution >= 4 is 17.7 Å². The van der Waals surface area contributed by atoms with Gasteiger partial charge in [-0.15, -0.1) is 0 Å². The summed E-state index contributed by atoms with van der Waals surface area (Å²) >= 11 is 1.67. The van der Waals surface area contributed by atoms with E-state index in [1.165, 1.54) is 5.56 Å². The second-order valence-electron chi connectivity index (χ2n) is 4.09. The smallest absolute Gasteiger partial charge is 0.320 e. The number of rotatable bonds is 9. The molecule has 0 amide bonds. The number of nitrogens with one attached hydrogen (secondary N) is 1. The number of carboxylic acids is 1. The Kier molecular flexibility index (Phi) is 7.44. The first-order valence-electron chi connectivity index (χ1n) is 6.08. The van der Waals surface area contributed by atoms with Crippen LogP contribution in [0.2, 0.25) is 0 Å². The molecular formula is C13H20N2O2S. The zero-order valence-corrected chi connectivity index (χ0v) is 11.4. The molecule has 2 N–H and O–H groups in total. The van der Waals surface area contributed by atoms with Crippen LogP contribution in [0.1, 0.15) is 18.4 Å². The summed E-state index contributed by atoms with van der Waals surface area (Å²) < 4.78 is 0. The van der Waals surface area contributed by atoms with Gasteiger partial charge in [-0.05, 0) is 49.4 Å². The van der Waals surface area contributed by atoms with E-state index < -0.39 is 12.0 Å². The van der Waals surface area contributed by atoms with Crippen molar-refractivity contribution < 1.29 is 9.90 Å². The van der Waals surface area contributed by atoms with Gasteiger partial charge < -0.3 is 10.4 Å². The molecule has 0 aliphatic heterocycles. The van der Waals surface area contributed by atoms with E-state index in [1.807, 2.05) is 24.6 Å². The summed E-state index contributed by atoms with van der Waals surface area (Å²) in [7, 11) is 0. The van der Waals surface area contributed by atoms with E-state index in [-0.39, 0.29) is 0 Å². The Balaban J connectivity index is 2.20. The maximum atomic E-state index is 11.0. The number of nitrogens with zero attached hydrogens (tertiary/aromatic N) is 1. The van der Waals surface area contributed by atoms with E-state index >= 15 is 0 Å². The lowest BCUT2D eigenvalue weighted by molar-refractivity contribution is -0.139. The van der Waals surface area contributed by atoms with E-state index in [0.717, 1.165) is 25.1 Å². The molecule has 4 nitrogen and oxygen atoms in total. The fraction of sp³-hybridized carbons (Fsp3) is 0.538. The zero-order chi connectivity index (χ0) is 13.2. The minimum Gasteiger partial charge on any atom is -0.480 e. The van der Waals surface area contributed by atoms with Gasteiger partial charge in [0.25, 0.3) is 0 Å². The molecule has 0 saturated carbocycles. The van der Waals surface area contributed by atoms with E-state index in [9.17, 15) is 4.79 Å². The molecule has 1 aromatic rings. The van der Waals surface area contributed by atoms with Crippen LogP contribution in [0.3, 0.4) is 0 Å². The predicted molar refractivity (Wildman–Crippen MR) is 75.0 cm³/mol. The van der Waals surface area contributed by atoms with Crippen LogP contribution in [0.15, 0.2) is 24.5 Å². The largest absolute Gasteiger partial charge is 0.480 e. The van der Waals surface area contributed by atoms with E-state index in [2.05, 4.69) is 10.3 Å². The van der Waals surface area contributed by atoms with Crippen LogP contribution < -0.4 is 5.32 Å². The molecule has 1 atom stereocenters. The minimum atomic E-state index is -0.759. The molecule has 0 bridgehead atoms. The molecule has 1 aromatic heterocycles. The molecule has 100 valence electrons. The van der Waals surface area contributed by atoms with Gasteiger partial charge in [-0.3, -0.25) is 9.78 Å². The highest BCUT2D eigenvalue weighted by Gasteiger charge is 2.15. The molecule has 18 heavy (non-hydrogen) atoms. The maximum absolute atomic E-state index is 11.0. The second kappa shape index (κ2) is 8.94. The fourth-order valence-electron chi connectivity index (χ4n) is 1.66. The molecule has 0 fully saturated rings. The van der Waals surface area contributed by atoms with Crippen molar-refractivity contribution in [2.24, 2.45) is 0 Å². The third-order valence-corrected chi connectivity index (χ3v) is 3.31. The Hall–Kier alpha value is -1.07. The Morgan fingerprint density at radius 1 is 1.61 bits per heavy atom. The number of hydrogen-bond donors (Lipinski definition) is 2. The highest BCUT2D eigenvalue weighted by molar-refractivity contribution is 7.98. The van der Waals surface area contributed by atoms with Crippen LogP contribution in [-0.4, -0.2) is 40.7 Å². The van der Waals surface area contributed by atoms with Crippen molar-refractivity contribution in [1.29, 1.82) is 0 Å². The van der Waals surface area contributed by atoms with Crippen LogP contribution in [-0.2, 0) is 11.2 Å². The lowest BCUT2D eigenvalue weighted by atomic mass is 10.1. The van der Waals surface area contributed by atoms with Crippen molar-refractivity contribution in [1.82, 2.24) is 10.3 Å². The number of aromatic nitrogens is 1. The highest BCUT2D eigenvalue weighted by atomic mass is 32.2. The number of pyridine rings is 1. The Morgan fingerprint density at radius 3 is 3.06 bits per heavy atom. The third kappa shape index (κ3) is 6.02. The number of carbonyl (C=O) groups is 1. The SMILES string of the molecule is CSCCC(NCCCc1cccnc1)C(=O)O. The first-order valence-corrected chi connectivity index (χ1v) is 7.47. The molecule has 1 unspecified atom stereocenters. The summed E-state index contributed by atoms with van der Waals surface area (Å²) in [6.07, 6.45) is 8.11. The predicted octanol–water partition coefficient (Wildman–Crippen LogP) is 1.81. The Morgan fingerprint density at radius 2 is 2.44 bits per heavy atom. The lowest BCUT2D eigenvalue weighted by Gasteiger charge is -2.13. The molecule has 0 saturated heterocycles. The summed E-state index contributed by atoms with van der Waals surface area (Å²) in [5, 5.41) is 12.1. The van der Waals surface area contributed by atoms with Gasteiger partial charge in [-0.25, -0.2) is 0 Å². The van der Waals surface area contributed by atoms with Gasteiger partial charge in [0, 0.05) is 12.4 Å². The number of aliphatic carboxylic acids is 1. The highest BCUT2D eigenvalue weighted by Crippen LogP contribution is 2.03. The second-order valence-corrected chi connectivity index (χ2v) is 5.08. The van der Waals surface area contributed by atoms with Crippen molar-refractivity contribution in [3.8, 4) is 0 Å². The zero-order valence-electron chi connectivity index (χ0n) is 10.6. The molecule has 0 aromatic carbocycles. The van der Waals surface area contributed by atoms with Crippen molar-refractivity contribution in [2.75, 3.05) is 18.6 Å². The lowest BCUT2D eigenvalue weighted by Crippen LogP contribution is -2.37. The van der Waals surface area contributed by atoms with Gasteiger partial charge in [-0.1, -0.05) is 6.07 Å². The van der Waals surface area contributed by atoms with Crippen LogP contribution in [0.25, 0.3) is 0 Å². The minimum absolute atomic E-state index is 0.425. The van der Waals surface area contributed by atoms with Crippen molar-refractivity contribution in [3.05, 3.63) is 30.1 Å². The Bertz CT molecular complexity index is 346. The van der Waals surface area contributed by atoms with E-state index in [1.54, 1.807) is 18.0 Å². The number of hydrogen-bond acceptors (Lipinski definition) is 4. The molecule has 0 spiro atoms. The average molecular weight is 268 g/mol. The standard InChI is InChI=1S/C13H20N2O2S/c1-18-9-6-12(13(16)17)15-8-3-5-11-4-2-7-14-10-11/h2,4,7,10,12,15H,3,5-6,8-9H2,1H3,(H,16,17). The van der Waals surface area contributed by atoms with Crippen molar-refractivity contribution in [2.45, 2.75) is 25.3 Å². The van der Waals surface area contributed by atoms with Gasteiger partial charge in [0.05, 0.1) is 0 Å². The van der Waals surface area contributed by atoms with E-state index in [0.29, 0.717) is 6.42 Å². The fourth-order valence-corrected chi connectivity index (χ4v) is 2.13. The summed E-state index contributed by atoms with van der Waals surface area (Å²) in [6.45, 7) is 0.722. The van der Waals surface area contributed by atoms with Gasteiger partial charge in [0.2, 0.25) is 0 Å². The third-order valence-electron chi connectivity index (χ3n) is 2.66. The number of carboxylic acid groups (broad SMARTS) is 1. The summed E-state index contributed by atoms with van der Waals surface area (Å²) in [5.41, 5.74) is 1.19. The molecule has 0 aliphatic carbocycles. The first-order chi connectivity index (χ1) is 8.74. The average Bonchev–Trinajstić information content (AvgIpc) is 2.38. The van der Waals surface area contributed by atoms with Crippen molar-refractivity contribution in [3.63, 3.8) is 0 Å². The first kappa shape index (κ1) is 15.0. The van der Waals surface area contributed by atoms with Gasteiger partial charge in [0.15, 0.2) is 0 Å². The normalized spacial score (nSPS) is 12.3. The van der Waals surface area contributed by atoms with Crippen LogP contribution in [0, 0.1) is 0 Å². The van der Waals surface area contributed by atoms with Gasteiger partial charge >= 0.3 is 5.97 Å². The molecule has 1 heterocycles. The van der Waals surface area contributed by atoms with Gasteiger partial charge in [-0.2, -0.15) is 11.8 Å². The van der Waals surface area contributed by atoms with Crippen LogP contribution in [0.4, 0.5) is 0 Å². The quantitative estimate of drug-likeness (QED) is 0.669. The Labute approximate surface area is 112 Å². The molecule has 1 rings (SSSR count). The van der Waals surface area contributed by atoms with E-state index in [4.69, 9.17) is 5.11 Å². The summed E-state index contributed by atoms with van der Waals surface area (Å²) in [5.74, 6) is 0.109. The van der Waals surface area contributed by atoms with Crippen LogP contribution >= 0.6 is 11.8 Å². The summed E-state index contributed by atoms with van der Waals surface area (Å²) in [6, 6.07) is 3.53. The maximum Gasteiger partial charge on any atom is 0.320 e. The molecular weight excluding hydrogens is 248 g/mol. The molecule has 0 radical (unpaired) electrons.